The number of hydrogen-bond acceptors (Lipinski definition) is 5. The van der Waals surface area contributed by atoms with E-state index in [1.165, 1.54) is 10.1 Å². The van der Waals surface area contributed by atoms with Gasteiger partial charge in [0, 0.05) is 38.5 Å². The Bertz CT molecular complexity index is 1200. The maximum atomic E-state index is 12.6. The third kappa shape index (κ3) is 4.20. The molecule has 0 unspecified atom stereocenters. The first-order chi connectivity index (χ1) is 15.2. The van der Waals surface area contributed by atoms with Gasteiger partial charge in [0.15, 0.2) is 0 Å². The smallest absolute Gasteiger partial charge is 0.267 e. The Morgan fingerprint density at radius 2 is 1.91 bits per heavy atom. The van der Waals surface area contributed by atoms with Crippen LogP contribution < -0.4 is 20.9 Å². The molecule has 0 aliphatic carbocycles. The first kappa shape index (κ1) is 21.9. The van der Waals surface area contributed by atoms with Gasteiger partial charge in [-0.15, -0.1) is 0 Å². The van der Waals surface area contributed by atoms with Crippen molar-refractivity contribution in [3.8, 4) is 5.75 Å². The van der Waals surface area contributed by atoms with Gasteiger partial charge in [0.1, 0.15) is 23.1 Å². The van der Waals surface area contributed by atoms with E-state index in [4.69, 9.17) is 10.5 Å². The number of nitrogens with two attached hydrogens (primary N) is 1. The molecule has 1 saturated heterocycles. The molecule has 7 nitrogen and oxygen atoms in total. The molecule has 168 valence electrons. The number of fused-ring (bicyclic) bond motifs is 1. The van der Waals surface area contributed by atoms with Gasteiger partial charge in [0.05, 0.1) is 11.2 Å². The molecule has 0 bridgehead atoms. The lowest BCUT2D eigenvalue weighted by atomic mass is 9.95. The highest BCUT2D eigenvalue weighted by Crippen LogP contribution is 2.30. The number of carbonyl (C=O) groups excluding carboxylic acids is 1. The number of anilines is 1. The third-order valence-corrected chi connectivity index (χ3v) is 6.32. The zero-order chi connectivity index (χ0) is 23.0. The monoisotopic (exact) mass is 434 g/mol. The molecular formula is C25H30N4O3. The molecule has 0 spiro atoms. The molecule has 1 aliphatic rings. The average molecular weight is 435 g/mol. The lowest BCUT2D eigenvalue weighted by Crippen LogP contribution is -2.45. The number of aromatic nitrogens is 2. The summed E-state index contributed by atoms with van der Waals surface area (Å²) in [7, 11) is 1.70. The van der Waals surface area contributed by atoms with Crippen molar-refractivity contribution < 1.29 is 9.53 Å². The summed E-state index contributed by atoms with van der Waals surface area (Å²) in [6.45, 7) is 7.96. The van der Waals surface area contributed by atoms with E-state index in [1.54, 1.807) is 25.2 Å². The summed E-state index contributed by atoms with van der Waals surface area (Å²) in [4.78, 5) is 30.9. The number of aryl methyl sites for hydroxylation is 1. The van der Waals surface area contributed by atoms with Crippen LogP contribution in [0.5, 0.6) is 5.75 Å². The zero-order valence-corrected chi connectivity index (χ0v) is 19.0. The Labute approximate surface area is 187 Å². The first-order valence-corrected chi connectivity index (χ1v) is 11.1. The van der Waals surface area contributed by atoms with Gasteiger partial charge in [-0.25, -0.2) is 4.98 Å². The lowest BCUT2D eigenvalue weighted by Gasteiger charge is -2.38. The fraction of sp³-hybridized carbons (Fsp3) is 0.400. The lowest BCUT2D eigenvalue weighted by molar-refractivity contribution is 0.0996. The Morgan fingerprint density at radius 3 is 2.53 bits per heavy atom. The summed E-state index contributed by atoms with van der Waals surface area (Å²) in [5.74, 6) is 1.03. The third-order valence-electron chi connectivity index (χ3n) is 6.32. The van der Waals surface area contributed by atoms with Crippen molar-refractivity contribution >= 4 is 22.6 Å². The molecule has 7 heteroatoms. The van der Waals surface area contributed by atoms with Crippen molar-refractivity contribution in [3.05, 3.63) is 64.1 Å². The number of carbonyl (C=O) groups is 1. The van der Waals surface area contributed by atoms with Crippen molar-refractivity contribution in [2.24, 2.45) is 18.7 Å². The minimum absolute atomic E-state index is 0.0862. The second kappa shape index (κ2) is 8.65. The highest BCUT2D eigenvalue weighted by atomic mass is 16.5. The fourth-order valence-electron chi connectivity index (χ4n) is 4.31. The Kier molecular flexibility index (Phi) is 5.91. The predicted molar refractivity (Wildman–Crippen MR) is 126 cm³/mol. The van der Waals surface area contributed by atoms with Crippen LogP contribution in [0.15, 0.2) is 47.3 Å². The van der Waals surface area contributed by atoms with Crippen LogP contribution in [-0.4, -0.2) is 34.7 Å². The number of benzene rings is 1. The van der Waals surface area contributed by atoms with Gasteiger partial charge >= 0.3 is 0 Å². The van der Waals surface area contributed by atoms with Crippen LogP contribution in [0, 0.1) is 5.92 Å². The van der Waals surface area contributed by atoms with Crippen LogP contribution in [0.1, 0.15) is 49.2 Å². The second-order valence-corrected chi connectivity index (χ2v) is 8.95. The van der Waals surface area contributed by atoms with Gasteiger partial charge in [-0.1, -0.05) is 32.9 Å². The van der Waals surface area contributed by atoms with Crippen LogP contribution in [-0.2, 0) is 7.05 Å². The molecule has 1 amide bonds. The highest BCUT2D eigenvalue weighted by molar-refractivity contribution is 5.96. The largest absolute Gasteiger partial charge is 0.490 e. The number of piperidine rings is 1. The fourth-order valence-corrected chi connectivity index (χ4v) is 4.31. The summed E-state index contributed by atoms with van der Waals surface area (Å²) in [5.41, 5.74) is 8.83. The van der Waals surface area contributed by atoms with Crippen LogP contribution in [0.3, 0.4) is 0 Å². The van der Waals surface area contributed by atoms with Crippen molar-refractivity contribution in [1.82, 2.24) is 9.55 Å². The normalized spacial score (nSPS) is 18.8. The molecule has 2 N–H and O–H groups in total. The van der Waals surface area contributed by atoms with E-state index < -0.39 is 5.91 Å². The molecule has 0 radical (unpaired) electrons. The molecule has 1 aliphatic heterocycles. The molecule has 2 atom stereocenters. The molecule has 3 aromatic rings. The Balaban J connectivity index is 1.57. The van der Waals surface area contributed by atoms with E-state index in [0.29, 0.717) is 17.0 Å². The standard InChI is InChI=1S/C25H30N4O3/c1-15(2)17-5-7-18(8-6-17)32-22-11-12-29(14-16(22)3)21-13-23(30)28(4)20-10-9-19(25(26)31)27-24(20)21/h5-10,13,15-16,22H,11-12,14H2,1-4H3,(H2,26,31)/t16-,22+/m1/s1. The minimum atomic E-state index is -0.587. The second-order valence-electron chi connectivity index (χ2n) is 8.95. The van der Waals surface area contributed by atoms with Crippen LogP contribution in [0.2, 0.25) is 0 Å². The molecule has 0 saturated carbocycles. The topological polar surface area (TPSA) is 90.5 Å². The summed E-state index contributed by atoms with van der Waals surface area (Å²) >= 11 is 0. The number of primary amides is 1. The molecule has 1 fully saturated rings. The van der Waals surface area contributed by atoms with Crippen LogP contribution in [0.25, 0.3) is 11.0 Å². The number of rotatable bonds is 5. The minimum Gasteiger partial charge on any atom is -0.490 e. The summed E-state index contributed by atoms with van der Waals surface area (Å²) in [6.07, 6.45) is 0.905. The van der Waals surface area contributed by atoms with Gasteiger partial charge in [-0.3, -0.25) is 9.59 Å². The van der Waals surface area contributed by atoms with Gasteiger partial charge in [0.2, 0.25) is 0 Å². The van der Waals surface area contributed by atoms with E-state index >= 15 is 0 Å². The quantitative estimate of drug-likeness (QED) is 0.664. The maximum absolute atomic E-state index is 12.6. The number of amides is 1. The first-order valence-electron chi connectivity index (χ1n) is 11.1. The SMILES string of the molecule is CC(C)c1ccc(O[C@H]2CCN(c3cc(=O)n(C)c4ccc(C(N)=O)nc34)C[C@H]2C)cc1. The summed E-state index contributed by atoms with van der Waals surface area (Å²) in [6, 6.07) is 13.2. The van der Waals surface area contributed by atoms with Crippen LogP contribution in [0.4, 0.5) is 5.69 Å². The van der Waals surface area contributed by atoms with Crippen molar-refractivity contribution in [3.63, 3.8) is 0 Å². The zero-order valence-electron chi connectivity index (χ0n) is 19.0. The van der Waals surface area contributed by atoms with E-state index in [2.05, 4.69) is 42.8 Å². The molecule has 4 rings (SSSR count). The number of nitrogens with zero attached hydrogens (tertiary/aromatic N) is 3. The van der Waals surface area contributed by atoms with Crippen molar-refractivity contribution in [2.75, 3.05) is 18.0 Å². The van der Waals surface area contributed by atoms with E-state index in [1.807, 2.05) is 12.1 Å². The van der Waals surface area contributed by atoms with Crippen molar-refractivity contribution in [2.45, 2.75) is 39.2 Å². The van der Waals surface area contributed by atoms with E-state index in [0.717, 1.165) is 30.9 Å². The van der Waals surface area contributed by atoms with E-state index in [-0.39, 0.29) is 23.3 Å². The summed E-state index contributed by atoms with van der Waals surface area (Å²) < 4.78 is 7.84. The number of hydrogen-bond donors (Lipinski definition) is 1. The van der Waals surface area contributed by atoms with Gasteiger partial charge in [-0.05, 0) is 35.7 Å². The Hall–Kier alpha value is -3.35. The average Bonchev–Trinajstić information content (AvgIpc) is 2.77. The van der Waals surface area contributed by atoms with Crippen molar-refractivity contribution in [1.29, 1.82) is 0 Å². The highest BCUT2D eigenvalue weighted by Gasteiger charge is 2.29. The Morgan fingerprint density at radius 1 is 1.19 bits per heavy atom. The predicted octanol–water partition coefficient (Wildman–Crippen LogP) is 3.45. The van der Waals surface area contributed by atoms with Gasteiger partial charge in [-0.2, -0.15) is 0 Å². The molecule has 32 heavy (non-hydrogen) atoms. The van der Waals surface area contributed by atoms with E-state index in [9.17, 15) is 9.59 Å². The molecule has 2 aromatic heterocycles. The summed E-state index contributed by atoms with van der Waals surface area (Å²) in [5, 5.41) is 0. The molecule has 1 aromatic carbocycles. The molecular weight excluding hydrogens is 404 g/mol. The van der Waals surface area contributed by atoms with Gasteiger partial charge in [0.25, 0.3) is 11.5 Å². The molecule has 3 heterocycles. The number of ether oxygens (including phenoxy) is 1. The van der Waals surface area contributed by atoms with Crippen LogP contribution >= 0.6 is 0 Å². The van der Waals surface area contributed by atoms with Gasteiger partial charge < -0.3 is 19.9 Å². The number of pyridine rings is 2. The maximum Gasteiger partial charge on any atom is 0.267 e.